The van der Waals surface area contributed by atoms with Crippen LogP contribution in [0, 0.1) is 0 Å². The van der Waals surface area contributed by atoms with Crippen LogP contribution in [0.25, 0.3) is 0 Å². The van der Waals surface area contributed by atoms with Crippen LogP contribution in [-0.4, -0.2) is 98.3 Å². The predicted octanol–water partition coefficient (Wildman–Crippen LogP) is 12.3. The smallest absolute Gasteiger partial charge is 0.462 e. The van der Waals surface area contributed by atoms with Gasteiger partial charge in [-0.2, -0.15) is 0 Å². The average Bonchev–Trinajstić information content (AvgIpc) is 3.32. The molecule has 68 heavy (non-hydrogen) atoms. The van der Waals surface area contributed by atoms with Crippen molar-refractivity contribution in [2.75, 3.05) is 13.2 Å². The van der Waals surface area contributed by atoms with Gasteiger partial charge in [0.25, 0.3) is 0 Å². The van der Waals surface area contributed by atoms with Gasteiger partial charge in [-0.05, 0) is 44.9 Å². The first-order chi connectivity index (χ1) is 32.9. The van der Waals surface area contributed by atoms with Gasteiger partial charge >= 0.3 is 19.8 Å². The third kappa shape index (κ3) is 35.4. The predicted molar refractivity (Wildman–Crippen MR) is 272 cm³/mol. The zero-order chi connectivity index (χ0) is 49.9. The Bertz CT molecular complexity index is 1280. The van der Waals surface area contributed by atoms with Crippen LogP contribution in [-0.2, 0) is 32.7 Å². The Morgan fingerprint density at radius 2 is 0.794 bits per heavy atom. The minimum absolute atomic E-state index is 0.0837. The monoisotopic (exact) mass is 989 g/mol. The fourth-order valence-corrected chi connectivity index (χ4v) is 9.59. The second kappa shape index (κ2) is 44.1. The van der Waals surface area contributed by atoms with Crippen molar-refractivity contribution in [3.63, 3.8) is 0 Å². The van der Waals surface area contributed by atoms with Gasteiger partial charge in [-0.3, -0.25) is 18.6 Å². The second-order valence-electron chi connectivity index (χ2n) is 19.4. The third-order valence-corrected chi connectivity index (χ3v) is 14.0. The lowest BCUT2D eigenvalue weighted by atomic mass is 9.85. The van der Waals surface area contributed by atoms with Crippen LogP contribution in [0.3, 0.4) is 0 Å². The maximum absolute atomic E-state index is 12.9. The van der Waals surface area contributed by atoms with E-state index < -0.39 is 75.7 Å². The SMILES string of the molecule is CCCCC/C=C\C/C=C\CCCCCCCC(=O)OC(COC(=O)CCCCCCCCCCCCCCCCCCCCCCCCCC)COP(=O)(O)OC1C(O)C(O)C(O)C(O)C1O. The molecule has 0 saturated heterocycles. The molecule has 0 radical (unpaired) electrons. The number of phosphoric acid groups is 1. The van der Waals surface area contributed by atoms with Gasteiger partial charge in [-0.1, -0.05) is 218 Å². The van der Waals surface area contributed by atoms with Gasteiger partial charge < -0.3 is 39.9 Å². The molecule has 400 valence electrons. The van der Waals surface area contributed by atoms with Gasteiger partial charge in [-0.15, -0.1) is 0 Å². The van der Waals surface area contributed by atoms with Crippen LogP contribution in [0.4, 0.5) is 0 Å². The standard InChI is InChI=1S/C54H101O13P/c1-3-5-7-9-11-13-15-17-19-20-21-22-23-24-25-26-27-29-30-32-34-36-38-40-42-47(55)64-44-46(45-65-68(62,63)67-54-52(60)50(58)49(57)51(59)53(54)61)66-48(56)43-41-39-37-35-33-31-28-18-16-14-12-10-8-6-4-2/h12,14,18,28,46,49-54,57-61H,3-11,13,15-17,19-27,29-45H2,1-2H3,(H,62,63)/b14-12-,28-18-. The number of aliphatic hydroxyl groups is 5. The van der Waals surface area contributed by atoms with Crippen LogP contribution in [0.15, 0.2) is 24.3 Å². The maximum Gasteiger partial charge on any atom is 0.472 e. The normalized spacial score (nSPS) is 21.1. The van der Waals surface area contributed by atoms with E-state index in [1.54, 1.807) is 0 Å². The molecular weight excluding hydrogens is 888 g/mol. The van der Waals surface area contributed by atoms with E-state index in [0.717, 1.165) is 64.2 Å². The van der Waals surface area contributed by atoms with Crippen LogP contribution in [0.1, 0.15) is 251 Å². The molecule has 14 heteroatoms. The number of esters is 2. The number of phosphoric ester groups is 1. The Balaban J connectivity index is 2.32. The molecule has 0 amide bonds. The van der Waals surface area contributed by atoms with E-state index in [0.29, 0.717) is 12.8 Å². The van der Waals surface area contributed by atoms with Crippen LogP contribution < -0.4 is 0 Å². The van der Waals surface area contributed by atoms with Gasteiger partial charge in [0, 0.05) is 12.8 Å². The van der Waals surface area contributed by atoms with E-state index in [-0.39, 0.29) is 12.8 Å². The molecule has 0 bridgehead atoms. The summed E-state index contributed by atoms with van der Waals surface area (Å²) in [6, 6.07) is 0. The first-order valence-corrected chi connectivity index (χ1v) is 29.1. The van der Waals surface area contributed by atoms with Crippen molar-refractivity contribution in [3.8, 4) is 0 Å². The maximum atomic E-state index is 12.9. The highest BCUT2D eigenvalue weighted by atomic mass is 31.2. The third-order valence-electron chi connectivity index (χ3n) is 13.0. The van der Waals surface area contributed by atoms with Crippen molar-refractivity contribution in [1.29, 1.82) is 0 Å². The molecule has 0 aromatic carbocycles. The van der Waals surface area contributed by atoms with E-state index in [4.69, 9.17) is 18.5 Å². The summed E-state index contributed by atoms with van der Waals surface area (Å²) in [6.45, 7) is 3.31. The number of carbonyl (C=O) groups is 2. The minimum Gasteiger partial charge on any atom is -0.462 e. The number of rotatable bonds is 47. The van der Waals surface area contributed by atoms with Crippen LogP contribution >= 0.6 is 7.82 Å². The van der Waals surface area contributed by atoms with Gasteiger partial charge in [0.05, 0.1) is 6.61 Å². The van der Waals surface area contributed by atoms with Crippen molar-refractivity contribution in [1.82, 2.24) is 0 Å². The first kappa shape index (κ1) is 64.3. The number of unbranched alkanes of at least 4 members (excludes halogenated alkanes) is 31. The van der Waals surface area contributed by atoms with Crippen LogP contribution in [0.2, 0.25) is 0 Å². The van der Waals surface area contributed by atoms with E-state index >= 15 is 0 Å². The summed E-state index contributed by atoms with van der Waals surface area (Å²) in [4.78, 5) is 35.9. The Morgan fingerprint density at radius 1 is 0.456 bits per heavy atom. The molecule has 13 nitrogen and oxygen atoms in total. The average molecular weight is 989 g/mol. The van der Waals surface area contributed by atoms with E-state index in [2.05, 4.69) is 38.2 Å². The molecule has 1 rings (SSSR count). The van der Waals surface area contributed by atoms with Crippen molar-refractivity contribution in [2.45, 2.75) is 294 Å². The second-order valence-corrected chi connectivity index (χ2v) is 20.9. The van der Waals surface area contributed by atoms with Crippen LogP contribution in [0.5, 0.6) is 0 Å². The summed E-state index contributed by atoms with van der Waals surface area (Å²) in [5.41, 5.74) is 0. The largest absolute Gasteiger partial charge is 0.472 e. The van der Waals surface area contributed by atoms with Crippen molar-refractivity contribution < 1.29 is 63.1 Å². The van der Waals surface area contributed by atoms with Gasteiger partial charge in [0.2, 0.25) is 0 Å². The van der Waals surface area contributed by atoms with Gasteiger partial charge in [0.15, 0.2) is 6.10 Å². The number of allylic oxidation sites excluding steroid dienone is 4. The molecule has 0 aromatic rings. The molecule has 6 N–H and O–H groups in total. The summed E-state index contributed by atoms with van der Waals surface area (Å²) in [5, 5.41) is 50.3. The van der Waals surface area contributed by atoms with E-state index in [1.165, 1.54) is 148 Å². The van der Waals surface area contributed by atoms with Gasteiger partial charge in [0.1, 0.15) is 43.2 Å². The molecule has 0 spiro atoms. The number of hydrogen-bond acceptors (Lipinski definition) is 12. The molecule has 1 fully saturated rings. The first-order valence-electron chi connectivity index (χ1n) is 27.6. The molecule has 1 aliphatic carbocycles. The zero-order valence-corrected chi connectivity index (χ0v) is 43.8. The van der Waals surface area contributed by atoms with Crippen molar-refractivity contribution in [2.24, 2.45) is 0 Å². The topological polar surface area (TPSA) is 210 Å². The number of hydrogen-bond donors (Lipinski definition) is 6. The summed E-state index contributed by atoms with van der Waals surface area (Å²) < 4.78 is 33.7. The lowest BCUT2D eigenvalue weighted by Gasteiger charge is -2.41. The molecule has 0 aromatic heterocycles. The lowest BCUT2D eigenvalue weighted by Crippen LogP contribution is -2.64. The quantitative estimate of drug-likeness (QED) is 0.0145. The van der Waals surface area contributed by atoms with Crippen molar-refractivity contribution in [3.05, 3.63) is 24.3 Å². The molecule has 6 unspecified atom stereocenters. The highest BCUT2D eigenvalue weighted by Gasteiger charge is 2.51. The summed E-state index contributed by atoms with van der Waals surface area (Å²) >= 11 is 0. The van der Waals surface area contributed by atoms with E-state index in [9.17, 15) is 44.6 Å². The highest BCUT2D eigenvalue weighted by Crippen LogP contribution is 2.47. The minimum atomic E-state index is -5.12. The Labute approximate surface area is 413 Å². The molecule has 0 heterocycles. The Kier molecular flexibility index (Phi) is 41.7. The number of carbonyl (C=O) groups excluding carboxylic acids is 2. The molecular formula is C54H101O13P. The summed E-state index contributed by atoms with van der Waals surface area (Å²) in [7, 11) is -5.12. The fourth-order valence-electron chi connectivity index (χ4n) is 8.61. The molecule has 6 atom stereocenters. The Morgan fingerprint density at radius 3 is 1.22 bits per heavy atom. The highest BCUT2D eigenvalue weighted by molar-refractivity contribution is 7.47. The van der Waals surface area contributed by atoms with Crippen molar-refractivity contribution >= 4 is 19.8 Å². The Hall–Kier alpha value is -1.67. The number of aliphatic hydroxyl groups excluding tert-OH is 5. The molecule has 0 aliphatic heterocycles. The molecule has 1 saturated carbocycles. The zero-order valence-electron chi connectivity index (χ0n) is 42.9. The number of ether oxygens (including phenoxy) is 2. The lowest BCUT2D eigenvalue weighted by molar-refractivity contribution is -0.220. The van der Waals surface area contributed by atoms with Gasteiger partial charge in [-0.25, -0.2) is 4.57 Å². The summed E-state index contributed by atoms with van der Waals surface area (Å²) in [5.74, 6) is -1.10. The fraction of sp³-hybridized carbons (Fsp3) is 0.889. The van der Waals surface area contributed by atoms with E-state index in [1.807, 2.05) is 0 Å². The molecule has 1 aliphatic rings. The summed E-state index contributed by atoms with van der Waals surface area (Å²) in [6.07, 6.45) is 38.1.